The first kappa shape index (κ1) is 16.2. The number of nitrogens with zero attached hydrogens (tertiary/aromatic N) is 1. The summed E-state index contributed by atoms with van der Waals surface area (Å²) in [6.07, 6.45) is -1.44. The zero-order valence-electron chi connectivity index (χ0n) is 12.7. The molecule has 1 heterocycles. The molecular weight excluding hydrogens is 274 g/mol. The van der Waals surface area contributed by atoms with Gasteiger partial charge in [0.25, 0.3) is 6.43 Å². The Morgan fingerprint density at radius 2 is 2.00 bits per heavy atom. The molecule has 0 aliphatic carbocycles. The molecule has 1 fully saturated rings. The van der Waals surface area contributed by atoms with Gasteiger partial charge in [0.1, 0.15) is 12.4 Å². The summed E-state index contributed by atoms with van der Waals surface area (Å²) >= 11 is 0. The Bertz CT molecular complexity index is 448. The molecule has 0 saturated carbocycles. The topological polar surface area (TPSA) is 38.5 Å². The molecule has 1 aromatic carbocycles. The van der Waals surface area contributed by atoms with Gasteiger partial charge in [0.15, 0.2) is 0 Å². The third-order valence-electron chi connectivity index (χ3n) is 4.10. The predicted molar refractivity (Wildman–Crippen MR) is 79.6 cm³/mol. The van der Waals surface area contributed by atoms with E-state index in [1.807, 2.05) is 12.1 Å². The van der Waals surface area contributed by atoms with E-state index in [1.54, 1.807) is 12.1 Å². The van der Waals surface area contributed by atoms with Crippen molar-refractivity contribution < 1.29 is 13.5 Å². The summed E-state index contributed by atoms with van der Waals surface area (Å²) in [6, 6.07) is 7.61. The summed E-state index contributed by atoms with van der Waals surface area (Å²) in [5, 5.41) is 0. The van der Waals surface area contributed by atoms with Gasteiger partial charge < -0.3 is 10.5 Å². The third-order valence-corrected chi connectivity index (χ3v) is 4.10. The molecule has 2 rings (SSSR count). The van der Waals surface area contributed by atoms with Crippen molar-refractivity contribution in [1.82, 2.24) is 4.90 Å². The van der Waals surface area contributed by atoms with Crippen molar-refractivity contribution in [1.29, 1.82) is 0 Å². The Morgan fingerprint density at radius 3 is 2.57 bits per heavy atom. The van der Waals surface area contributed by atoms with Gasteiger partial charge in [-0.05, 0) is 29.5 Å². The second-order valence-corrected chi connectivity index (χ2v) is 6.44. The molecule has 21 heavy (non-hydrogen) atoms. The number of hydrogen-bond donors (Lipinski definition) is 1. The monoisotopic (exact) mass is 298 g/mol. The van der Waals surface area contributed by atoms with Crippen molar-refractivity contribution in [2.45, 2.75) is 39.3 Å². The van der Waals surface area contributed by atoms with Gasteiger partial charge in [0, 0.05) is 25.7 Å². The van der Waals surface area contributed by atoms with Crippen LogP contribution in [-0.2, 0) is 6.54 Å². The van der Waals surface area contributed by atoms with Crippen molar-refractivity contribution in [3.63, 3.8) is 0 Å². The molecule has 1 aliphatic rings. The molecule has 1 aromatic rings. The van der Waals surface area contributed by atoms with Crippen molar-refractivity contribution in [3.05, 3.63) is 29.8 Å². The van der Waals surface area contributed by atoms with E-state index in [1.165, 1.54) is 0 Å². The molecule has 2 N–H and O–H groups in total. The van der Waals surface area contributed by atoms with Gasteiger partial charge in [-0.2, -0.15) is 0 Å². The minimum atomic E-state index is -2.44. The van der Waals surface area contributed by atoms with Gasteiger partial charge in [-0.15, -0.1) is 0 Å². The predicted octanol–water partition coefficient (Wildman–Crippen LogP) is 2.89. The van der Waals surface area contributed by atoms with Crippen LogP contribution in [0.15, 0.2) is 24.3 Å². The molecule has 0 amide bonds. The van der Waals surface area contributed by atoms with Crippen LogP contribution in [0.4, 0.5) is 8.78 Å². The summed E-state index contributed by atoms with van der Waals surface area (Å²) in [6.45, 7) is 6.66. The van der Waals surface area contributed by atoms with Crippen molar-refractivity contribution in [2.24, 2.45) is 11.1 Å². The highest BCUT2D eigenvalue weighted by Crippen LogP contribution is 2.28. The fourth-order valence-electron chi connectivity index (χ4n) is 2.73. The summed E-state index contributed by atoms with van der Waals surface area (Å²) < 4.78 is 29.1. The van der Waals surface area contributed by atoms with Crippen LogP contribution in [0.2, 0.25) is 0 Å². The van der Waals surface area contributed by atoms with E-state index in [4.69, 9.17) is 10.5 Å². The van der Waals surface area contributed by atoms with Crippen LogP contribution in [0.5, 0.6) is 5.75 Å². The van der Waals surface area contributed by atoms with Gasteiger partial charge in [0.2, 0.25) is 0 Å². The van der Waals surface area contributed by atoms with Gasteiger partial charge in [-0.1, -0.05) is 26.0 Å². The fraction of sp³-hybridized carbons (Fsp3) is 0.625. The Labute approximate surface area is 125 Å². The van der Waals surface area contributed by atoms with Crippen LogP contribution in [-0.4, -0.2) is 37.1 Å². The van der Waals surface area contributed by atoms with Gasteiger partial charge in [-0.3, -0.25) is 4.90 Å². The smallest absolute Gasteiger partial charge is 0.272 e. The highest BCUT2D eigenvalue weighted by molar-refractivity contribution is 5.27. The molecule has 0 bridgehead atoms. The molecule has 0 radical (unpaired) electrons. The highest BCUT2D eigenvalue weighted by Gasteiger charge is 2.33. The lowest BCUT2D eigenvalue weighted by Gasteiger charge is -2.42. The van der Waals surface area contributed by atoms with Gasteiger partial charge in [0.05, 0.1) is 0 Å². The molecule has 118 valence electrons. The summed E-state index contributed by atoms with van der Waals surface area (Å²) in [7, 11) is 0. The highest BCUT2D eigenvalue weighted by atomic mass is 19.3. The average Bonchev–Trinajstić information content (AvgIpc) is 2.42. The zero-order chi connectivity index (χ0) is 15.5. The number of nitrogens with two attached hydrogens (primary N) is 1. The number of piperidine rings is 1. The number of ether oxygens (including phenoxy) is 1. The molecule has 1 atom stereocenters. The van der Waals surface area contributed by atoms with Crippen molar-refractivity contribution in [2.75, 3.05) is 19.7 Å². The van der Waals surface area contributed by atoms with E-state index >= 15 is 0 Å². The number of likely N-dealkylation sites (tertiary alicyclic amines) is 1. The zero-order valence-corrected chi connectivity index (χ0v) is 12.7. The molecule has 1 unspecified atom stereocenters. The number of alkyl halides is 2. The Hall–Kier alpha value is -1.20. The molecule has 1 saturated heterocycles. The van der Waals surface area contributed by atoms with E-state index < -0.39 is 13.0 Å². The molecule has 1 aliphatic heterocycles. The van der Waals surface area contributed by atoms with Gasteiger partial charge in [-0.25, -0.2) is 8.78 Å². The lowest BCUT2D eigenvalue weighted by atomic mass is 9.79. The van der Waals surface area contributed by atoms with Crippen LogP contribution in [0.1, 0.15) is 25.8 Å². The Morgan fingerprint density at radius 1 is 1.33 bits per heavy atom. The first-order valence-corrected chi connectivity index (χ1v) is 7.34. The maximum absolute atomic E-state index is 12.1. The van der Waals surface area contributed by atoms with E-state index in [2.05, 4.69) is 18.7 Å². The van der Waals surface area contributed by atoms with E-state index in [0.717, 1.165) is 31.6 Å². The van der Waals surface area contributed by atoms with Crippen molar-refractivity contribution >= 4 is 0 Å². The van der Waals surface area contributed by atoms with E-state index in [-0.39, 0.29) is 11.5 Å². The van der Waals surface area contributed by atoms with Crippen molar-refractivity contribution in [3.8, 4) is 5.75 Å². The second-order valence-electron chi connectivity index (χ2n) is 6.44. The SMILES string of the molecule is CC1(C)CN(Cc2ccc(OCC(F)F)cc2)CCC1N. The van der Waals surface area contributed by atoms with E-state index in [0.29, 0.717) is 5.75 Å². The molecule has 0 spiro atoms. The molecule has 0 aromatic heterocycles. The van der Waals surface area contributed by atoms with Gasteiger partial charge >= 0.3 is 0 Å². The number of rotatable bonds is 5. The normalized spacial score (nSPS) is 22.5. The fourth-order valence-corrected chi connectivity index (χ4v) is 2.73. The summed E-state index contributed by atoms with van der Waals surface area (Å²) in [5.74, 6) is 0.486. The lowest BCUT2D eigenvalue weighted by Crippen LogP contribution is -2.52. The Balaban J connectivity index is 1.89. The van der Waals surface area contributed by atoms with Crippen LogP contribution < -0.4 is 10.5 Å². The average molecular weight is 298 g/mol. The van der Waals surface area contributed by atoms with Crippen LogP contribution in [0.3, 0.4) is 0 Å². The maximum atomic E-state index is 12.1. The largest absolute Gasteiger partial charge is 0.488 e. The van der Waals surface area contributed by atoms with Crippen LogP contribution in [0.25, 0.3) is 0 Å². The second kappa shape index (κ2) is 6.71. The summed E-state index contributed by atoms with van der Waals surface area (Å²) in [4.78, 5) is 2.39. The minimum Gasteiger partial charge on any atom is -0.488 e. The number of halogens is 2. The summed E-state index contributed by atoms with van der Waals surface area (Å²) in [5.41, 5.74) is 7.42. The maximum Gasteiger partial charge on any atom is 0.272 e. The molecule has 3 nitrogen and oxygen atoms in total. The molecular formula is C16H24F2N2O. The van der Waals surface area contributed by atoms with Crippen LogP contribution in [0, 0.1) is 5.41 Å². The third kappa shape index (κ3) is 4.64. The minimum absolute atomic E-state index is 0.124. The standard InChI is InChI=1S/C16H24F2N2O/c1-16(2)11-20(8-7-14(16)19)9-12-3-5-13(6-4-12)21-10-15(17)18/h3-6,14-15H,7-11,19H2,1-2H3. The van der Waals surface area contributed by atoms with Crippen LogP contribution >= 0.6 is 0 Å². The quantitative estimate of drug-likeness (QED) is 0.908. The number of hydrogen-bond acceptors (Lipinski definition) is 3. The first-order chi connectivity index (χ1) is 9.87. The lowest BCUT2D eigenvalue weighted by molar-refractivity contribution is 0.0817. The Kier molecular flexibility index (Phi) is 5.17. The van der Waals surface area contributed by atoms with E-state index in [9.17, 15) is 8.78 Å². The number of benzene rings is 1. The molecule has 5 heteroatoms. The first-order valence-electron chi connectivity index (χ1n) is 7.34.